The molecule has 0 spiro atoms. The van der Waals surface area contributed by atoms with Gasteiger partial charge >= 0.3 is 0 Å². The average Bonchev–Trinajstić information content (AvgIpc) is 2.72. The number of ether oxygens (including phenoxy) is 1. The minimum absolute atomic E-state index is 0.713. The molecule has 15 heavy (non-hydrogen) atoms. The van der Waals surface area contributed by atoms with E-state index in [1.54, 1.807) is 7.11 Å². The fraction of sp³-hybridized carbons (Fsp3) is 0.538. The molecule has 80 valence electrons. The third-order valence-corrected chi connectivity index (χ3v) is 3.85. The van der Waals surface area contributed by atoms with Crippen molar-refractivity contribution in [3.05, 3.63) is 29.3 Å². The number of fused-ring (bicyclic) bond motifs is 2. The van der Waals surface area contributed by atoms with Crippen LogP contribution in [0.5, 0.6) is 5.75 Å². The van der Waals surface area contributed by atoms with Gasteiger partial charge in [-0.1, -0.05) is 12.1 Å². The first-order chi connectivity index (χ1) is 7.38. The quantitative estimate of drug-likeness (QED) is 0.751. The van der Waals surface area contributed by atoms with Crippen LogP contribution in [0.4, 0.5) is 0 Å². The number of nitrogens with one attached hydrogen (secondary N) is 1. The molecule has 0 aromatic heterocycles. The molecular formula is C13H17NO. The number of rotatable bonds is 1. The normalized spacial score (nSPS) is 28.3. The molecule has 2 aliphatic rings. The van der Waals surface area contributed by atoms with E-state index >= 15 is 0 Å². The Kier molecular flexibility index (Phi) is 2.17. The Morgan fingerprint density at radius 1 is 1.33 bits per heavy atom. The highest BCUT2D eigenvalue weighted by Crippen LogP contribution is 2.35. The third kappa shape index (κ3) is 1.44. The van der Waals surface area contributed by atoms with Gasteiger partial charge in [0.2, 0.25) is 0 Å². The van der Waals surface area contributed by atoms with Crippen molar-refractivity contribution in [3.63, 3.8) is 0 Å². The maximum atomic E-state index is 5.44. The van der Waals surface area contributed by atoms with Crippen molar-refractivity contribution in [2.45, 2.75) is 25.3 Å². The van der Waals surface area contributed by atoms with E-state index in [2.05, 4.69) is 23.5 Å². The molecule has 0 amide bonds. The van der Waals surface area contributed by atoms with Crippen molar-refractivity contribution in [1.82, 2.24) is 5.32 Å². The van der Waals surface area contributed by atoms with E-state index in [0.717, 1.165) is 11.7 Å². The molecule has 1 fully saturated rings. The summed E-state index contributed by atoms with van der Waals surface area (Å²) >= 11 is 0. The first-order valence-corrected chi connectivity index (χ1v) is 5.76. The predicted octanol–water partition coefficient (Wildman–Crippen LogP) is 1.77. The van der Waals surface area contributed by atoms with Gasteiger partial charge in [0.15, 0.2) is 0 Å². The Morgan fingerprint density at radius 3 is 3.13 bits per heavy atom. The van der Waals surface area contributed by atoms with Crippen LogP contribution in [0.25, 0.3) is 0 Å². The minimum Gasteiger partial charge on any atom is -0.496 e. The highest BCUT2D eigenvalue weighted by atomic mass is 16.5. The van der Waals surface area contributed by atoms with Crippen LogP contribution in [0.1, 0.15) is 17.5 Å². The van der Waals surface area contributed by atoms with Gasteiger partial charge in [0.05, 0.1) is 7.11 Å². The summed E-state index contributed by atoms with van der Waals surface area (Å²) in [5.74, 6) is 1.91. The van der Waals surface area contributed by atoms with Gasteiger partial charge in [-0.3, -0.25) is 0 Å². The summed E-state index contributed by atoms with van der Waals surface area (Å²) in [7, 11) is 1.77. The molecular weight excluding hydrogens is 186 g/mol. The fourth-order valence-electron chi connectivity index (χ4n) is 3.03. The van der Waals surface area contributed by atoms with Crippen LogP contribution < -0.4 is 10.1 Å². The molecule has 1 heterocycles. The molecule has 0 unspecified atom stereocenters. The molecule has 1 saturated heterocycles. The van der Waals surface area contributed by atoms with Gasteiger partial charge in [0.1, 0.15) is 5.75 Å². The van der Waals surface area contributed by atoms with Crippen molar-refractivity contribution in [1.29, 1.82) is 0 Å². The van der Waals surface area contributed by atoms with Crippen molar-refractivity contribution >= 4 is 0 Å². The van der Waals surface area contributed by atoms with Crippen LogP contribution >= 0.6 is 0 Å². The lowest BCUT2D eigenvalue weighted by Crippen LogP contribution is -2.34. The van der Waals surface area contributed by atoms with Crippen LogP contribution in [0.15, 0.2) is 18.2 Å². The van der Waals surface area contributed by atoms with Crippen LogP contribution in [0.2, 0.25) is 0 Å². The largest absolute Gasteiger partial charge is 0.496 e. The molecule has 2 nitrogen and oxygen atoms in total. The van der Waals surface area contributed by atoms with E-state index in [0.29, 0.717) is 6.04 Å². The standard InChI is InChI=1S/C13H17NO/c1-15-13-4-2-3-9-8-12-10(5-6-14-12)7-11(9)13/h2-4,10,12,14H,5-8H2,1H3/t10-,12-/m0/s1. The molecule has 1 aromatic carbocycles. The lowest BCUT2D eigenvalue weighted by molar-refractivity contribution is 0.379. The maximum Gasteiger partial charge on any atom is 0.122 e. The lowest BCUT2D eigenvalue weighted by atomic mass is 9.80. The third-order valence-electron chi connectivity index (χ3n) is 3.85. The number of methoxy groups -OCH3 is 1. The smallest absolute Gasteiger partial charge is 0.122 e. The van der Waals surface area contributed by atoms with Crippen molar-refractivity contribution in [2.24, 2.45) is 5.92 Å². The minimum atomic E-state index is 0.713. The maximum absolute atomic E-state index is 5.44. The molecule has 2 heteroatoms. The molecule has 0 saturated carbocycles. The molecule has 3 rings (SSSR count). The summed E-state index contributed by atoms with van der Waals surface area (Å²) in [5.41, 5.74) is 2.93. The van der Waals surface area contributed by atoms with Crippen molar-refractivity contribution in [2.75, 3.05) is 13.7 Å². The second kappa shape index (κ2) is 3.53. The monoisotopic (exact) mass is 203 g/mol. The van der Waals surface area contributed by atoms with E-state index < -0.39 is 0 Å². The van der Waals surface area contributed by atoms with E-state index in [-0.39, 0.29) is 0 Å². The summed E-state index contributed by atoms with van der Waals surface area (Å²) in [4.78, 5) is 0. The Hall–Kier alpha value is -1.02. The van der Waals surface area contributed by atoms with Gasteiger partial charge in [0, 0.05) is 6.04 Å². The van der Waals surface area contributed by atoms with Crippen LogP contribution in [-0.2, 0) is 12.8 Å². The van der Waals surface area contributed by atoms with E-state index in [1.807, 2.05) is 0 Å². The Labute approximate surface area is 90.6 Å². The first kappa shape index (κ1) is 9.22. The molecule has 0 bridgehead atoms. The number of benzene rings is 1. The highest BCUT2D eigenvalue weighted by molar-refractivity contribution is 5.43. The zero-order valence-corrected chi connectivity index (χ0v) is 9.12. The molecule has 0 radical (unpaired) electrons. The lowest BCUT2D eigenvalue weighted by Gasteiger charge is -2.28. The highest BCUT2D eigenvalue weighted by Gasteiger charge is 2.32. The Balaban J connectivity index is 1.99. The Morgan fingerprint density at radius 2 is 2.27 bits per heavy atom. The first-order valence-electron chi connectivity index (χ1n) is 5.76. The van der Waals surface area contributed by atoms with Crippen LogP contribution in [-0.4, -0.2) is 19.7 Å². The summed E-state index contributed by atoms with van der Waals surface area (Å²) in [6, 6.07) is 7.15. The SMILES string of the molecule is COc1cccc2c1C[C@@H]1CCN[C@H]1C2. The number of hydrogen-bond donors (Lipinski definition) is 1. The number of hydrogen-bond acceptors (Lipinski definition) is 2. The van der Waals surface area contributed by atoms with Gasteiger partial charge in [-0.2, -0.15) is 0 Å². The van der Waals surface area contributed by atoms with Gasteiger partial charge in [-0.25, -0.2) is 0 Å². The van der Waals surface area contributed by atoms with Gasteiger partial charge in [-0.15, -0.1) is 0 Å². The van der Waals surface area contributed by atoms with Crippen LogP contribution in [0, 0.1) is 5.92 Å². The topological polar surface area (TPSA) is 21.3 Å². The molecule has 1 aromatic rings. The van der Waals surface area contributed by atoms with Crippen molar-refractivity contribution in [3.8, 4) is 5.75 Å². The summed E-state index contributed by atoms with van der Waals surface area (Å²) in [5, 5.41) is 3.60. The summed E-state index contributed by atoms with van der Waals surface area (Å²) < 4.78 is 5.44. The van der Waals surface area contributed by atoms with E-state index in [9.17, 15) is 0 Å². The van der Waals surface area contributed by atoms with E-state index in [4.69, 9.17) is 4.74 Å². The van der Waals surface area contributed by atoms with Crippen LogP contribution in [0.3, 0.4) is 0 Å². The predicted molar refractivity (Wildman–Crippen MR) is 60.3 cm³/mol. The zero-order valence-electron chi connectivity index (χ0n) is 9.12. The molecule has 1 aliphatic heterocycles. The summed E-state index contributed by atoms with van der Waals surface area (Å²) in [6.45, 7) is 1.19. The molecule has 1 aliphatic carbocycles. The Bertz CT molecular complexity index is 375. The fourth-order valence-corrected chi connectivity index (χ4v) is 3.03. The average molecular weight is 203 g/mol. The van der Waals surface area contributed by atoms with E-state index in [1.165, 1.54) is 36.9 Å². The molecule has 2 atom stereocenters. The van der Waals surface area contributed by atoms with Gasteiger partial charge < -0.3 is 10.1 Å². The second-order valence-corrected chi connectivity index (χ2v) is 4.62. The molecule has 1 N–H and O–H groups in total. The van der Waals surface area contributed by atoms with Crippen molar-refractivity contribution < 1.29 is 4.74 Å². The zero-order chi connectivity index (χ0) is 10.3. The summed E-state index contributed by atoms with van der Waals surface area (Å²) in [6.07, 6.45) is 3.69. The van der Waals surface area contributed by atoms with Gasteiger partial charge in [0.25, 0.3) is 0 Å². The van der Waals surface area contributed by atoms with Gasteiger partial charge in [-0.05, 0) is 48.9 Å². The second-order valence-electron chi connectivity index (χ2n) is 4.62.